The molecule has 224 valence electrons. The molecule has 1 unspecified atom stereocenters. The second-order valence-corrected chi connectivity index (χ2v) is 12.4. The first kappa shape index (κ1) is 27.8. The normalized spacial score (nSPS) is 25.9. The fraction of sp³-hybridized carbons (Fsp3) is 0.571. The van der Waals surface area contributed by atoms with Crippen molar-refractivity contribution < 1.29 is 22.3 Å². The highest BCUT2D eigenvalue weighted by atomic mass is 35.5. The molecule has 1 aliphatic carbocycles. The Hall–Kier alpha value is -3.03. The number of hydrogen-bond donors (Lipinski definition) is 0. The Bertz CT molecular complexity index is 1630. The fourth-order valence-corrected chi connectivity index (χ4v) is 7.11. The third-order valence-corrected chi connectivity index (χ3v) is 9.29. The van der Waals surface area contributed by atoms with Crippen LogP contribution in [-0.4, -0.2) is 77.8 Å². The van der Waals surface area contributed by atoms with E-state index in [1.54, 1.807) is 12.7 Å². The van der Waals surface area contributed by atoms with Gasteiger partial charge in [-0.1, -0.05) is 11.6 Å². The first-order valence-corrected chi connectivity index (χ1v) is 14.7. The van der Waals surface area contributed by atoms with E-state index in [0.717, 1.165) is 37.2 Å². The lowest BCUT2D eigenvalue weighted by Crippen LogP contribution is -2.59. The number of fused-ring (bicyclic) bond motifs is 3. The van der Waals surface area contributed by atoms with Crippen LogP contribution in [0.4, 0.5) is 23.4 Å². The predicted molar refractivity (Wildman–Crippen MR) is 148 cm³/mol. The summed E-state index contributed by atoms with van der Waals surface area (Å²) in [5, 5.41) is 7.96. The molecule has 4 atom stereocenters. The molecule has 0 bridgehead atoms. The first-order valence-electron chi connectivity index (χ1n) is 14.3. The van der Waals surface area contributed by atoms with E-state index in [9.17, 15) is 13.2 Å². The molecule has 3 fully saturated rings. The second-order valence-electron chi connectivity index (χ2n) is 11.9. The molecule has 3 aliphatic rings. The van der Waals surface area contributed by atoms with Crippen molar-refractivity contribution in [2.45, 2.75) is 76.2 Å². The van der Waals surface area contributed by atoms with Crippen molar-refractivity contribution in [3.63, 3.8) is 0 Å². The van der Waals surface area contributed by atoms with Gasteiger partial charge >= 0.3 is 0 Å². The molecular weight excluding hydrogens is 576 g/mol. The van der Waals surface area contributed by atoms with Gasteiger partial charge < -0.3 is 14.2 Å². The lowest BCUT2D eigenvalue weighted by atomic mass is 9.73. The van der Waals surface area contributed by atoms with Gasteiger partial charge in [-0.05, 0) is 44.7 Å². The predicted octanol–water partition coefficient (Wildman–Crippen LogP) is 5.27. The van der Waals surface area contributed by atoms with Crippen LogP contribution in [0.2, 0.25) is 5.02 Å². The van der Waals surface area contributed by atoms with E-state index in [-0.39, 0.29) is 41.6 Å². The number of benzene rings is 1. The molecule has 1 saturated carbocycles. The summed E-state index contributed by atoms with van der Waals surface area (Å²) < 4.78 is 67.6. The number of nitrogens with zero attached hydrogens (tertiary/aromatic N) is 8. The minimum absolute atomic E-state index is 0.0585. The zero-order valence-corrected chi connectivity index (χ0v) is 24.0. The van der Waals surface area contributed by atoms with Gasteiger partial charge in [0.25, 0.3) is 5.78 Å². The summed E-state index contributed by atoms with van der Waals surface area (Å²) in [6.45, 7) is 6.24. The van der Waals surface area contributed by atoms with Crippen molar-refractivity contribution in [1.82, 2.24) is 34.0 Å². The van der Waals surface area contributed by atoms with E-state index >= 15 is 4.39 Å². The molecule has 9 nitrogen and oxygen atoms in total. The quantitative estimate of drug-likeness (QED) is 0.219. The maximum absolute atomic E-state index is 15.2. The van der Waals surface area contributed by atoms with Gasteiger partial charge in [-0.2, -0.15) is 4.98 Å². The Balaban J connectivity index is 1.23. The Labute approximate surface area is 244 Å². The molecule has 0 spiro atoms. The standard InChI is InChI=1S/C28H31ClF4N8O/c1-15-11-40(25-23-26(41-14-35-37-27(41)36-25)38(13-34-23)12-18-4-3-5-42-18)16(2)10-39(15)24(17-8-28(32,33)9-17)19-6-22(31)20(29)7-21(19)30/h6-7,13-18,24H,3-5,8-12H2,1-2H3/t15-,16+,18+,24?/m1/s1. The first-order chi connectivity index (χ1) is 20.1. The number of halogens is 5. The van der Waals surface area contributed by atoms with Crippen LogP contribution in [0, 0.1) is 17.6 Å². The third kappa shape index (κ3) is 4.69. The van der Waals surface area contributed by atoms with E-state index in [1.165, 1.54) is 0 Å². The zero-order chi connectivity index (χ0) is 29.3. The molecule has 0 N–H and O–H groups in total. The largest absolute Gasteiger partial charge is 0.376 e. The van der Waals surface area contributed by atoms with Gasteiger partial charge in [0.2, 0.25) is 5.92 Å². The maximum atomic E-state index is 15.2. The molecule has 3 aromatic heterocycles. The summed E-state index contributed by atoms with van der Waals surface area (Å²) in [5.74, 6) is -3.72. The van der Waals surface area contributed by atoms with Gasteiger partial charge in [0.05, 0.1) is 24.0 Å². The van der Waals surface area contributed by atoms with E-state index in [0.29, 0.717) is 36.7 Å². The lowest BCUT2D eigenvalue weighted by Gasteiger charge is -2.52. The van der Waals surface area contributed by atoms with Crippen LogP contribution in [-0.2, 0) is 11.3 Å². The van der Waals surface area contributed by atoms with E-state index in [1.807, 2.05) is 27.7 Å². The van der Waals surface area contributed by atoms with Gasteiger partial charge in [-0.3, -0.25) is 4.90 Å². The van der Waals surface area contributed by atoms with Gasteiger partial charge in [-0.15, -0.1) is 10.2 Å². The Morgan fingerprint density at radius 3 is 2.64 bits per heavy atom. The van der Waals surface area contributed by atoms with Crippen molar-refractivity contribution in [3.8, 4) is 0 Å². The number of ether oxygens (including phenoxy) is 1. The van der Waals surface area contributed by atoms with Crippen LogP contribution in [0.15, 0.2) is 24.8 Å². The number of aromatic nitrogens is 6. The van der Waals surface area contributed by atoms with Crippen molar-refractivity contribution in [1.29, 1.82) is 0 Å². The number of imidazole rings is 1. The molecule has 0 radical (unpaired) electrons. The highest BCUT2D eigenvalue weighted by molar-refractivity contribution is 6.30. The van der Waals surface area contributed by atoms with Gasteiger partial charge in [0.15, 0.2) is 11.5 Å². The molecule has 2 aliphatic heterocycles. The average molecular weight is 607 g/mol. The van der Waals surface area contributed by atoms with Crippen molar-refractivity contribution in [2.75, 3.05) is 24.6 Å². The lowest BCUT2D eigenvalue weighted by molar-refractivity contribution is -0.137. The molecule has 4 aromatic rings. The molecule has 0 amide bonds. The monoisotopic (exact) mass is 606 g/mol. The topological polar surface area (TPSA) is 76.6 Å². The van der Waals surface area contributed by atoms with Crippen LogP contribution in [0.5, 0.6) is 0 Å². The number of rotatable bonds is 6. The van der Waals surface area contributed by atoms with Crippen LogP contribution < -0.4 is 4.90 Å². The van der Waals surface area contributed by atoms with Gasteiger partial charge in [-0.25, -0.2) is 26.9 Å². The SMILES string of the molecule is C[C@@H]1CN(c2nc3nncn3c3c2ncn3C[C@@H]2CCCO2)[C@@H](C)CN1C(c1cc(F)c(Cl)cc1F)C1CC(F)(F)C1. The van der Waals surface area contributed by atoms with Crippen molar-refractivity contribution in [2.24, 2.45) is 5.92 Å². The van der Waals surface area contributed by atoms with Crippen LogP contribution >= 0.6 is 11.6 Å². The van der Waals surface area contributed by atoms with Crippen LogP contribution in [0.1, 0.15) is 51.1 Å². The number of anilines is 1. The summed E-state index contributed by atoms with van der Waals surface area (Å²) in [6.07, 6.45) is 4.75. The smallest absolute Gasteiger partial charge is 0.258 e. The number of piperazine rings is 1. The molecule has 42 heavy (non-hydrogen) atoms. The maximum Gasteiger partial charge on any atom is 0.258 e. The van der Waals surface area contributed by atoms with Crippen molar-refractivity contribution in [3.05, 3.63) is 47.0 Å². The number of alkyl halides is 2. The summed E-state index contributed by atoms with van der Waals surface area (Å²) in [5.41, 5.74) is 1.56. The summed E-state index contributed by atoms with van der Waals surface area (Å²) >= 11 is 5.83. The molecule has 5 heterocycles. The summed E-state index contributed by atoms with van der Waals surface area (Å²) in [4.78, 5) is 13.7. The molecule has 2 saturated heterocycles. The van der Waals surface area contributed by atoms with Crippen LogP contribution in [0.25, 0.3) is 16.9 Å². The molecule has 1 aromatic carbocycles. The van der Waals surface area contributed by atoms with E-state index in [2.05, 4.69) is 15.1 Å². The minimum Gasteiger partial charge on any atom is -0.376 e. The molecular formula is C28H31ClF4N8O. The molecule has 7 rings (SSSR count). The van der Waals surface area contributed by atoms with Crippen LogP contribution in [0.3, 0.4) is 0 Å². The molecule has 14 heteroatoms. The third-order valence-electron chi connectivity index (χ3n) is 9.00. The Morgan fingerprint density at radius 1 is 1.10 bits per heavy atom. The van der Waals surface area contributed by atoms with E-state index in [4.69, 9.17) is 26.3 Å². The van der Waals surface area contributed by atoms with E-state index < -0.39 is 29.5 Å². The minimum atomic E-state index is -2.81. The van der Waals surface area contributed by atoms with Crippen molar-refractivity contribution >= 4 is 34.4 Å². The summed E-state index contributed by atoms with van der Waals surface area (Å²) in [7, 11) is 0. The Kier molecular flexibility index (Phi) is 6.82. The second kappa shape index (κ2) is 10.3. The number of hydrogen-bond acceptors (Lipinski definition) is 7. The van der Waals surface area contributed by atoms with Gasteiger partial charge in [0, 0.05) is 56.2 Å². The average Bonchev–Trinajstić information content (AvgIpc) is 3.69. The zero-order valence-electron chi connectivity index (χ0n) is 23.2. The van der Waals surface area contributed by atoms with Gasteiger partial charge in [0.1, 0.15) is 23.5 Å². The summed E-state index contributed by atoms with van der Waals surface area (Å²) in [6, 6.07) is 0.899. The Morgan fingerprint density at radius 2 is 1.90 bits per heavy atom. The fourth-order valence-electron chi connectivity index (χ4n) is 6.96. The highest BCUT2D eigenvalue weighted by Crippen LogP contribution is 2.52. The highest BCUT2D eigenvalue weighted by Gasteiger charge is 2.52.